The number of likely N-dealkylation sites (tertiary alicyclic amines) is 1. The van der Waals surface area contributed by atoms with Crippen LogP contribution in [0.5, 0.6) is 0 Å². The second kappa shape index (κ2) is 7.86. The van der Waals surface area contributed by atoms with E-state index in [2.05, 4.69) is 26.0 Å². The maximum atomic E-state index is 12.8. The Bertz CT molecular complexity index is 1100. The molecule has 4 rings (SSSR count). The van der Waals surface area contributed by atoms with E-state index in [4.69, 9.17) is 10.8 Å². The zero-order valence-electron chi connectivity index (χ0n) is 15.7. The molecular weight excluding hydrogens is 440 g/mol. The number of hydrogen-bond acceptors (Lipinski definition) is 5. The van der Waals surface area contributed by atoms with Crippen LogP contribution in [0.3, 0.4) is 0 Å². The molecule has 1 saturated heterocycles. The van der Waals surface area contributed by atoms with Crippen molar-refractivity contribution in [3.05, 3.63) is 45.3 Å². The van der Waals surface area contributed by atoms with Gasteiger partial charge in [0, 0.05) is 25.2 Å². The first kappa shape index (κ1) is 19.4. The summed E-state index contributed by atoms with van der Waals surface area (Å²) in [5.41, 5.74) is 7.69. The summed E-state index contributed by atoms with van der Waals surface area (Å²) in [6.45, 7) is 1.51. The highest BCUT2D eigenvalue weighted by Gasteiger charge is 2.23. The standard InChI is InChI=1S/C19H21BrN6O3/c20-14-15(13-4-2-1-3-5-13)22-17(21)26-16(14)23-25(18(26)27)11-8-12-6-9-24(10-7-12)19(28)29/h1-5,12H,6-11H2,(H2,21,22)(H,28,29). The van der Waals surface area contributed by atoms with Crippen LogP contribution in [0.4, 0.5) is 10.7 Å². The highest BCUT2D eigenvalue weighted by atomic mass is 79.9. The number of aromatic nitrogens is 4. The van der Waals surface area contributed by atoms with Gasteiger partial charge in [-0.05, 0) is 41.1 Å². The van der Waals surface area contributed by atoms with Gasteiger partial charge in [-0.2, -0.15) is 0 Å². The van der Waals surface area contributed by atoms with Gasteiger partial charge >= 0.3 is 11.8 Å². The van der Waals surface area contributed by atoms with Crippen molar-refractivity contribution in [2.75, 3.05) is 18.8 Å². The zero-order chi connectivity index (χ0) is 20.5. The van der Waals surface area contributed by atoms with Crippen LogP contribution in [0.25, 0.3) is 16.9 Å². The summed E-state index contributed by atoms with van der Waals surface area (Å²) in [5, 5.41) is 13.5. The first-order valence-corrected chi connectivity index (χ1v) is 10.2. The molecule has 1 fully saturated rings. The Balaban J connectivity index is 1.58. The Morgan fingerprint density at radius 3 is 2.59 bits per heavy atom. The summed E-state index contributed by atoms with van der Waals surface area (Å²) in [5.74, 6) is 0.453. The van der Waals surface area contributed by atoms with E-state index in [0.717, 1.165) is 24.8 Å². The molecule has 152 valence electrons. The van der Waals surface area contributed by atoms with Crippen LogP contribution >= 0.6 is 15.9 Å². The van der Waals surface area contributed by atoms with Crippen molar-refractivity contribution in [3.63, 3.8) is 0 Å². The molecule has 0 aliphatic carbocycles. The summed E-state index contributed by atoms with van der Waals surface area (Å²) in [6.07, 6.45) is 1.47. The van der Waals surface area contributed by atoms with Gasteiger partial charge in [-0.25, -0.2) is 23.7 Å². The molecule has 0 saturated carbocycles. The van der Waals surface area contributed by atoms with Crippen molar-refractivity contribution < 1.29 is 9.90 Å². The third kappa shape index (κ3) is 3.71. The van der Waals surface area contributed by atoms with E-state index in [9.17, 15) is 9.59 Å². The van der Waals surface area contributed by atoms with Crippen LogP contribution in [0, 0.1) is 5.92 Å². The number of nitrogens with zero attached hydrogens (tertiary/aromatic N) is 5. The van der Waals surface area contributed by atoms with Crippen LogP contribution < -0.4 is 11.4 Å². The van der Waals surface area contributed by atoms with Gasteiger partial charge in [-0.3, -0.25) is 0 Å². The van der Waals surface area contributed by atoms with E-state index < -0.39 is 6.09 Å². The predicted octanol–water partition coefficient (Wildman–Crippen LogP) is 2.68. The molecule has 29 heavy (non-hydrogen) atoms. The molecule has 0 bridgehead atoms. The minimum atomic E-state index is -0.873. The molecule has 2 aromatic heterocycles. The molecule has 0 spiro atoms. The molecular formula is C19H21BrN6O3. The number of amides is 1. The van der Waals surface area contributed by atoms with E-state index in [1.807, 2.05) is 30.3 Å². The Labute approximate surface area is 174 Å². The number of carboxylic acid groups (broad SMARTS) is 1. The average molecular weight is 461 g/mol. The van der Waals surface area contributed by atoms with Crippen LogP contribution in [0.2, 0.25) is 0 Å². The van der Waals surface area contributed by atoms with Crippen LogP contribution in [-0.4, -0.2) is 48.4 Å². The van der Waals surface area contributed by atoms with Gasteiger partial charge in [0.1, 0.15) is 0 Å². The van der Waals surface area contributed by atoms with Gasteiger partial charge < -0.3 is 15.7 Å². The lowest BCUT2D eigenvalue weighted by Crippen LogP contribution is -2.37. The highest BCUT2D eigenvalue weighted by Crippen LogP contribution is 2.30. The number of rotatable bonds is 4. The average Bonchev–Trinajstić information content (AvgIpc) is 3.07. The summed E-state index contributed by atoms with van der Waals surface area (Å²) in [7, 11) is 0. The number of benzene rings is 1. The van der Waals surface area contributed by atoms with Crippen molar-refractivity contribution in [2.45, 2.75) is 25.8 Å². The van der Waals surface area contributed by atoms with E-state index in [1.165, 1.54) is 14.0 Å². The number of piperidine rings is 1. The lowest BCUT2D eigenvalue weighted by atomic mass is 9.94. The largest absolute Gasteiger partial charge is 0.465 e. The number of nitrogen functional groups attached to an aromatic ring is 1. The van der Waals surface area contributed by atoms with Crippen molar-refractivity contribution in [3.8, 4) is 11.3 Å². The number of nitrogens with two attached hydrogens (primary N) is 1. The van der Waals surface area contributed by atoms with Crippen molar-refractivity contribution in [2.24, 2.45) is 5.92 Å². The first-order valence-electron chi connectivity index (χ1n) is 9.43. The van der Waals surface area contributed by atoms with E-state index >= 15 is 0 Å². The fraction of sp³-hybridized carbons (Fsp3) is 0.368. The number of carbonyl (C=O) groups is 1. The quantitative estimate of drug-likeness (QED) is 0.617. The third-order valence-electron chi connectivity index (χ3n) is 5.38. The number of fused-ring (bicyclic) bond motifs is 1. The molecule has 0 unspecified atom stereocenters. The topological polar surface area (TPSA) is 119 Å². The molecule has 3 N–H and O–H groups in total. The molecule has 0 radical (unpaired) electrons. The van der Waals surface area contributed by atoms with Gasteiger partial charge in [-0.15, -0.1) is 5.10 Å². The molecule has 3 aromatic rings. The highest BCUT2D eigenvalue weighted by molar-refractivity contribution is 9.10. The maximum Gasteiger partial charge on any atom is 0.407 e. The lowest BCUT2D eigenvalue weighted by Gasteiger charge is -2.29. The monoisotopic (exact) mass is 460 g/mol. The van der Waals surface area contributed by atoms with Gasteiger partial charge in [0.05, 0.1) is 10.2 Å². The summed E-state index contributed by atoms with van der Waals surface area (Å²) < 4.78 is 3.34. The van der Waals surface area contributed by atoms with Crippen molar-refractivity contribution in [1.82, 2.24) is 24.1 Å². The maximum absolute atomic E-state index is 12.8. The minimum absolute atomic E-state index is 0.0908. The summed E-state index contributed by atoms with van der Waals surface area (Å²) in [6, 6.07) is 9.57. The van der Waals surface area contributed by atoms with Crippen LogP contribution in [0.15, 0.2) is 39.6 Å². The predicted molar refractivity (Wildman–Crippen MR) is 112 cm³/mol. The molecule has 1 amide bonds. The molecule has 0 atom stereocenters. The van der Waals surface area contributed by atoms with Crippen molar-refractivity contribution in [1.29, 1.82) is 0 Å². The second-order valence-electron chi connectivity index (χ2n) is 7.17. The molecule has 1 aromatic carbocycles. The SMILES string of the molecule is Nc1nc(-c2ccccc2)c(Br)c2nn(CCC3CCN(C(=O)O)CC3)c(=O)n12. The van der Waals surface area contributed by atoms with Gasteiger partial charge in [0.2, 0.25) is 5.95 Å². The Kier molecular flexibility index (Phi) is 5.27. The molecule has 10 heteroatoms. The Morgan fingerprint density at radius 1 is 1.24 bits per heavy atom. The van der Waals surface area contributed by atoms with Gasteiger partial charge in [0.15, 0.2) is 5.65 Å². The van der Waals surface area contributed by atoms with Crippen LogP contribution in [0.1, 0.15) is 19.3 Å². The number of aryl methyl sites for hydroxylation is 1. The zero-order valence-corrected chi connectivity index (χ0v) is 17.2. The van der Waals surface area contributed by atoms with E-state index in [0.29, 0.717) is 41.4 Å². The third-order valence-corrected chi connectivity index (χ3v) is 6.11. The first-order chi connectivity index (χ1) is 14.0. The minimum Gasteiger partial charge on any atom is -0.465 e. The smallest absolute Gasteiger partial charge is 0.407 e. The fourth-order valence-electron chi connectivity index (χ4n) is 3.73. The summed E-state index contributed by atoms with van der Waals surface area (Å²) in [4.78, 5) is 29.7. The van der Waals surface area contributed by atoms with E-state index in [-0.39, 0.29) is 11.6 Å². The number of hydrogen-bond donors (Lipinski definition) is 2. The molecule has 1 aliphatic heterocycles. The molecule has 9 nitrogen and oxygen atoms in total. The number of anilines is 1. The van der Waals surface area contributed by atoms with Crippen molar-refractivity contribution >= 4 is 33.6 Å². The van der Waals surface area contributed by atoms with E-state index in [1.54, 1.807) is 0 Å². The Morgan fingerprint density at radius 2 is 1.93 bits per heavy atom. The molecule has 1 aliphatic rings. The van der Waals surface area contributed by atoms with Crippen LogP contribution in [-0.2, 0) is 6.54 Å². The second-order valence-corrected chi connectivity index (χ2v) is 7.96. The fourth-order valence-corrected chi connectivity index (χ4v) is 4.30. The lowest BCUT2D eigenvalue weighted by molar-refractivity contribution is 0.122. The normalized spacial score (nSPS) is 15.1. The van der Waals surface area contributed by atoms with Gasteiger partial charge in [0.25, 0.3) is 0 Å². The number of halogens is 1. The van der Waals surface area contributed by atoms with Gasteiger partial charge in [-0.1, -0.05) is 30.3 Å². The summed E-state index contributed by atoms with van der Waals surface area (Å²) >= 11 is 3.53. The molecule has 3 heterocycles. The Hall–Kier alpha value is -2.88.